The smallest absolute Gasteiger partial charge is 0.313 e. The highest BCUT2D eigenvalue weighted by molar-refractivity contribution is 6.30. The average Bonchev–Trinajstić information content (AvgIpc) is 2.96. The zero-order valence-corrected chi connectivity index (χ0v) is 17.6. The number of hydrogen-bond donors (Lipinski definition) is 1. The van der Waals surface area contributed by atoms with Gasteiger partial charge in [-0.1, -0.05) is 23.7 Å². The van der Waals surface area contributed by atoms with Gasteiger partial charge in [-0.05, 0) is 55.5 Å². The third-order valence-corrected chi connectivity index (χ3v) is 6.26. The van der Waals surface area contributed by atoms with Gasteiger partial charge in [-0.15, -0.1) is 0 Å². The fraction of sp³-hybridized carbons (Fsp3) is 0.409. The number of carbonyl (C=O) groups excluding carboxylic acids is 1. The first-order valence-electron chi connectivity index (χ1n) is 10.3. The van der Waals surface area contributed by atoms with E-state index in [0.717, 1.165) is 55.4 Å². The minimum atomic E-state index is -0.732. The molecule has 2 aliphatic heterocycles. The maximum atomic E-state index is 13.2. The highest BCUT2D eigenvalue weighted by Crippen LogP contribution is 2.37. The second kappa shape index (κ2) is 9.20. The summed E-state index contributed by atoms with van der Waals surface area (Å²) in [5.41, 5.74) is 0.722. The van der Waals surface area contributed by atoms with E-state index in [2.05, 4.69) is 10.2 Å². The minimum absolute atomic E-state index is 0.0401. The molecule has 0 radical (unpaired) electrons. The third kappa shape index (κ3) is 5.14. The van der Waals surface area contributed by atoms with E-state index in [-0.39, 0.29) is 24.3 Å². The predicted molar refractivity (Wildman–Crippen MR) is 114 cm³/mol. The van der Waals surface area contributed by atoms with Crippen LogP contribution in [0.3, 0.4) is 0 Å². The Morgan fingerprint density at radius 3 is 2.52 bits per heavy atom. The van der Waals surface area contributed by atoms with Crippen LogP contribution in [0.4, 0.5) is 10.1 Å². The molecule has 0 saturated carbocycles. The summed E-state index contributed by atoms with van der Waals surface area (Å²) in [6, 6.07) is 11.7. The predicted octanol–water partition coefficient (Wildman–Crippen LogP) is 4.08. The zero-order valence-electron chi connectivity index (χ0n) is 16.8. The zero-order chi connectivity index (χ0) is 22.0. The SMILES string of the molecule is O=C(COc1ccc(F)cc1[N+](=O)[O-])NC1CC2CCC(C1)N2Cc1ccc(Cl)cc1. The number of fused-ring (bicyclic) bond motifs is 2. The summed E-state index contributed by atoms with van der Waals surface area (Å²) in [6.45, 7) is 0.511. The van der Waals surface area contributed by atoms with Gasteiger partial charge in [-0.25, -0.2) is 4.39 Å². The molecule has 2 fully saturated rings. The molecule has 2 saturated heterocycles. The van der Waals surface area contributed by atoms with E-state index in [0.29, 0.717) is 12.1 Å². The van der Waals surface area contributed by atoms with Gasteiger partial charge in [-0.3, -0.25) is 19.8 Å². The first-order valence-corrected chi connectivity index (χ1v) is 10.6. The van der Waals surface area contributed by atoms with Crippen LogP contribution in [-0.2, 0) is 11.3 Å². The number of hydrogen-bond acceptors (Lipinski definition) is 5. The van der Waals surface area contributed by atoms with Crippen LogP contribution in [0.5, 0.6) is 5.75 Å². The number of nitro groups is 1. The molecule has 1 N–H and O–H groups in total. The van der Waals surface area contributed by atoms with E-state index in [1.165, 1.54) is 5.56 Å². The lowest BCUT2D eigenvalue weighted by Gasteiger charge is -2.39. The minimum Gasteiger partial charge on any atom is -0.477 e. The number of halogens is 2. The normalized spacial score (nSPS) is 22.8. The van der Waals surface area contributed by atoms with Gasteiger partial charge in [0.25, 0.3) is 5.91 Å². The molecule has 0 aliphatic carbocycles. The fourth-order valence-electron chi connectivity index (χ4n) is 4.62. The van der Waals surface area contributed by atoms with Crippen molar-refractivity contribution in [3.05, 3.63) is 69.0 Å². The van der Waals surface area contributed by atoms with Crippen molar-refractivity contribution in [3.63, 3.8) is 0 Å². The molecule has 0 spiro atoms. The van der Waals surface area contributed by atoms with E-state index in [4.69, 9.17) is 16.3 Å². The van der Waals surface area contributed by atoms with Crippen molar-refractivity contribution in [2.24, 2.45) is 0 Å². The quantitative estimate of drug-likeness (QED) is 0.510. The molecular weight excluding hydrogens is 425 g/mol. The standard InChI is InChI=1S/C22H23ClFN3O4/c23-15-3-1-14(2-4-15)12-26-18-6-7-19(26)11-17(10-18)25-22(28)13-31-21-8-5-16(24)9-20(21)27(29)30/h1-5,8-9,17-19H,6-7,10-13H2,(H,25,28). The molecular formula is C22H23ClFN3O4. The van der Waals surface area contributed by atoms with Gasteiger partial charge in [0.2, 0.25) is 0 Å². The lowest BCUT2D eigenvalue weighted by Crippen LogP contribution is -2.50. The molecule has 2 heterocycles. The van der Waals surface area contributed by atoms with Gasteiger partial charge >= 0.3 is 5.69 Å². The van der Waals surface area contributed by atoms with Gasteiger partial charge in [-0.2, -0.15) is 0 Å². The number of amides is 1. The Labute approximate surface area is 184 Å². The van der Waals surface area contributed by atoms with E-state index >= 15 is 0 Å². The maximum absolute atomic E-state index is 13.2. The van der Waals surface area contributed by atoms with Gasteiger partial charge < -0.3 is 10.1 Å². The fourth-order valence-corrected chi connectivity index (χ4v) is 4.74. The van der Waals surface area contributed by atoms with Crippen LogP contribution in [0.1, 0.15) is 31.2 Å². The molecule has 1 amide bonds. The van der Waals surface area contributed by atoms with Crippen molar-refractivity contribution in [1.29, 1.82) is 0 Å². The van der Waals surface area contributed by atoms with Crippen LogP contribution in [0.15, 0.2) is 42.5 Å². The summed E-state index contributed by atoms with van der Waals surface area (Å²) in [4.78, 5) is 25.2. The Morgan fingerprint density at radius 2 is 1.87 bits per heavy atom. The first kappa shape index (κ1) is 21.5. The molecule has 2 atom stereocenters. The number of nitro benzene ring substituents is 1. The molecule has 2 bridgehead atoms. The van der Waals surface area contributed by atoms with Gasteiger partial charge in [0.05, 0.1) is 11.0 Å². The highest BCUT2D eigenvalue weighted by Gasteiger charge is 2.40. The number of ether oxygens (including phenoxy) is 1. The molecule has 31 heavy (non-hydrogen) atoms. The van der Waals surface area contributed by atoms with Crippen molar-refractivity contribution in [1.82, 2.24) is 10.2 Å². The molecule has 2 aliphatic rings. The second-order valence-corrected chi connectivity index (χ2v) is 8.51. The van der Waals surface area contributed by atoms with Gasteiger partial charge in [0, 0.05) is 29.7 Å². The topological polar surface area (TPSA) is 84.7 Å². The molecule has 2 aromatic rings. The largest absolute Gasteiger partial charge is 0.477 e. The Bertz CT molecular complexity index is 958. The van der Waals surface area contributed by atoms with E-state index < -0.39 is 16.4 Å². The third-order valence-electron chi connectivity index (χ3n) is 6.00. The maximum Gasteiger partial charge on any atom is 0.313 e. The number of nitrogens with zero attached hydrogens (tertiary/aromatic N) is 2. The van der Waals surface area contributed by atoms with Gasteiger partial charge in [0.1, 0.15) is 5.82 Å². The summed E-state index contributed by atoms with van der Waals surface area (Å²) in [6.07, 6.45) is 3.91. The number of carbonyl (C=O) groups is 1. The summed E-state index contributed by atoms with van der Waals surface area (Å²) in [7, 11) is 0. The Morgan fingerprint density at radius 1 is 1.19 bits per heavy atom. The lowest BCUT2D eigenvalue weighted by atomic mass is 9.96. The van der Waals surface area contributed by atoms with Crippen molar-refractivity contribution < 1.29 is 18.8 Å². The number of benzene rings is 2. The molecule has 2 unspecified atom stereocenters. The van der Waals surface area contributed by atoms with Crippen LogP contribution in [0, 0.1) is 15.9 Å². The van der Waals surface area contributed by atoms with Gasteiger partial charge in [0.15, 0.2) is 12.4 Å². The highest BCUT2D eigenvalue weighted by atomic mass is 35.5. The van der Waals surface area contributed by atoms with E-state index in [1.807, 2.05) is 24.3 Å². The Hall–Kier alpha value is -2.71. The Kier molecular flexibility index (Phi) is 6.38. The van der Waals surface area contributed by atoms with Crippen LogP contribution in [0.25, 0.3) is 0 Å². The molecule has 9 heteroatoms. The summed E-state index contributed by atoms with van der Waals surface area (Å²) in [5.74, 6) is -1.20. The molecule has 164 valence electrons. The van der Waals surface area contributed by atoms with E-state index in [9.17, 15) is 19.3 Å². The number of rotatable bonds is 7. The monoisotopic (exact) mass is 447 g/mol. The molecule has 4 rings (SSSR count). The van der Waals surface area contributed by atoms with Crippen molar-refractivity contribution in [2.45, 2.75) is 50.4 Å². The van der Waals surface area contributed by atoms with Crippen molar-refractivity contribution >= 4 is 23.2 Å². The van der Waals surface area contributed by atoms with Crippen LogP contribution in [0.2, 0.25) is 5.02 Å². The van der Waals surface area contributed by atoms with Crippen LogP contribution >= 0.6 is 11.6 Å². The summed E-state index contributed by atoms with van der Waals surface area (Å²) >= 11 is 5.97. The van der Waals surface area contributed by atoms with Crippen molar-refractivity contribution in [3.8, 4) is 5.75 Å². The first-order chi connectivity index (χ1) is 14.9. The molecule has 0 aromatic heterocycles. The number of nitrogens with one attached hydrogen (secondary N) is 1. The summed E-state index contributed by atoms with van der Waals surface area (Å²) < 4.78 is 18.5. The summed E-state index contributed by atoms with van der Waals surface area (Å²) in [5, 5.41) is 14.8. The molecule has 2 aromatic carbocycles. The second-order valence-electron chi connectivity index (χ2n) is 8.08. The lowest BCUT2D eigenvalue weighted by molar-refractivity contribution is -0.386. The average molecular weight is 448 g/mol. The Balaban J connectivity index is 1.30. The van der Waals surface area contributed by atoms with E-state index in [1.54, 1.807) is 0 Å². The number of piperidine rings is 1. The van der Waals surface area contributed by atoms with Crippen LogP contribution in [-0.4, -0.2) is 40.5 Å². The van der Waals surface area contributed by atoms with Crippen molar-refractivity contribution in [2.75, 3.05) is 6.61 Å². The molecule has 7 nitrogen and oxygen atoms in total. The van der Waals surface area contributed by atoms with Crippen LogP contribution < -0.4 is 10.1 Å².